The molecule has 1 aromatic heterocycles. The number of nitrogens with zero attached hydrogens (tertiary/aromatic N) is 1. The lowest BCUT2D eigenvalue weighted by Crippen LogP contribution is -2.51. The summed E-state index contributed by atoms with van der Waals surface area (Å²) < 4.78 is 36.9. The van der Waals surface area contributed by atoms with E-state index in [0.717, 1.165) is 11.3 Å². The van der Waals surface area contributed by atoms with Crippen molar-refractivity contribution in [1.82, 2.24) is 10.3 Å². The smallest absolute Gasteiger partial charge is 0.379 e. The second-order valence-electron chi connectivity index (χ2n) is 3.54. The van der Waals surface area contributed by atoms with Gasteiger partial charge in [0, 0.05) is 0 Å². The molecule has 18 heavy (non-hydrogen) atoms. The van der Waals surface area contributed by atoms with Crippen LogP contribution in [0.5, 0.6) is 0 Å². The Balaban J connectivity index is 2.71. The SMILES string of the molecule is C[C@@](O)(CNC(=O)c1nc(Cl)sc1Cl)C(F)(F)F. The first kappa shape index (κ1) is 15.5. The number of rotatable bonds is 3. The summed E-state index contributed by atoms with van der Waals surface area (Å²) in [4.78, 5) is 15.0. The Hall–Kier alpha value is -0.570. The molecule has 1 atom stereocenters. The zero-order chi connectivity index (χ0) is 14.1. The monoisotopic (exact) mass is 322 g/mol. The van der Waals surface area contributed by atoms with E-state index in [9.17, 15) is 18.0 Å². The van der Waals surface area contributed by atoms with E-state index in [4.69, 9.17) is 28.3 Å². The molecular formula is C8H7Cl2F3N2O2S. The van der Waals surface area contributed by atoms with Gasteiger partial charge in [0.25, 0.3) is 5.91 Å². The third-order valence-electron chi connectivity index (χ3n) is 1.98. The van der Waals surface area contributed by atoms with E-state index < -0.39 is 24.2 Å². The zero-order valence-corrected chi connectivity index (χ0v) is 11.1. The highest BCUT2D eigenvalue weighted by atomic mass is 35.5. The van der Waals surface area contributed by atoms with Crippen molar-refractivity contribution in [2.24, 2.45) is 0 Å². The summed E-state index contributed by atoms with van der Waals surface area (Å²) in [6.07, 6.45) is -4.86. The minimum absolute atomic E-state index is 0.00673. The predicted molar refractivity (Wildman–Crippen MR) is 61.1 cm³/mol. The first-order valence-corrected chi connectivity index (χ1v) is 6.01. The molecule has 4 nitrogen and oxygen atoms in total. The second kappa shape index (κ2) is 5.20. The van der Waals surface area contributed by atoms with E-state index in [1.807, 2.05) is 5.32 Å². The summed E-state index contributed by atoms with van der Waals surface area (Å²) in [5, 5.41) is 11.0. The van der Waals surface area contributed by atoms with Gasteiger partial charge in [0.1, 0.15) is 4.34 Å². The summed E-state index contributed by atoms with van der Waals surface area (Å²) in [5.41, 5.74) is -3.31. The fourth-order valence-corrected chi connectivity index (χ4v) is 2.15. The van der Waals surface area contributed by atoms with Crippen LogP contribution in [0.1, 0.15) is 17.4 Å². The Labute approximate surface area is 114 Å². The third kappa shape index (κ3) is 3.47. The third-order valence-corrected chi connectivity index (χ3v) is 3.34. The molecule has 102 valence electrons. The molecule has 0 aliphatic rings. The number of halogens is 5. The molecule has 0 aromatic carbocycles. The number of aromatic nitrogens is 1. The fraction of sp³-hybridized carbons (Fsp3) is 0.500. The number of carbonyl (C=O) groups excluding carboxylic acids is 1. The number of hydrogen-bond acceptors (Lipinski definition) is 4. The number of hydrogen-bond donors (Lipinski definition) is 2. The Morgan fingerprint density at radius 3 is 2.44 bits per heavy atom. The predicted octanol–water partition coefficient (Wildman–Crippen LogP) is 2.49. The van der Waals surface area contributed by atoms with Gasteiger partial charge in [-0.1, -0.05) is 34.5 Å². The number of carbonyl (C=O) groups is 1. The van der Waals surface area contributed by atoms with Crippen LogP contribution in [0.2, 0.25) is 8.80 Å². The van der Waals surface area contributed by atoms with Gasteiger partial charge < -0.3 is 10.4 Å². The molecule has 1 rings (SSSR count). The molecule has 0 saturated carbocycles. The normalized spacial score (nSPS) is 15.3. The first-order chi connectivity index (χ1) is 8.04. The highest BCUT2D eigenvalue weighted by Gasteiger charge is 2.50. The molecule has 0 radical (unpaired) electrons. The van der Waals surface area contributed by atoms with Crippen LogP contribution in [0.15, 0.2) is 0 Å². The lowest BCUT2D eigenvalue weighted by atomic mass is 10.1. The van der Waals surface area contributed by atoms with Gasteiger partial charge in [0.2, 0.25) is 0 Å². The Morgan fingerprint density at radius 2 is 2.06 bits per heavy atom. The van der Waals surface area contributed by atoms with Gasteiger partial charge in [-0.25, -0.2) is 4.98 Å². The van der Waals surface area contributed by atoms with Crippen molar-refractivity contribution in [1.29, 1.82) is 0 Å². The van der Waals surface area contributed by atoms with E-state index in [1.165, 1.54) is 0 Å². The molecule has 0 fully saturated rings. The van der Waals surface area contributed by atoms with Crippen LogP contribution in [-0.2, 0) is 0 Å². The maximum absolute atomic E-state index is 12.3. The lowest BCUT2D eigenvalue weighted by Gasteiger charge is -2.26. The van der Waals surface area contributed by atoms with Crippen LogP contribution in [0.4, 0.5) is 13.2 Å². The van der Waals surface area contributed by atoms with Crippen molar-refractivity contribution in [2.75, 3.05) is 6.54 Å². The lowest BCUT2D eigenvalue weighted by molar-refractivity contribution is -0.249. The molecule has 0 aliphatic carbocycles. The number of aliphatic hydroxyl groups is 1. The van der Waals surface area contributed by atoms with Crippen LogP contribution >= 0.6 is 34.5 Å². The average Bonchev–Trinajstić information content (AvgIpc) is 2.53. The summed E-state index contributed by atoms with van der Waals surface area (Å²) in [6, 6.07) is 0. The van der Waals surface area contributed by atoms with Gasteiger partial charge in [0.05, 0.1) is 6.54 Å². The molecule has 1 heterocycles. The van der Waals surface area contributed by atoms with Crippen LogP contribution in [-0.4, -0.2) is 34.3 Å². The maximum Gasteiger partial charge on any atom is 0.418 e. The van der Waals surface area contributed by atoms with Gasteiger partial charge >= 0.3 is 6.18 Å². The highest BCUT2D eigenvalue weighted by molar-refractivity contribution is 7.19. The van der Waals surface area contributed by atoms with Crippen molar-refractivity contribution in [3.05, 3.63) is 14.5 Å². The molecule has 0 bridgehead atoms. The Kier molecular flexibility index (Phi) is 4.47. The van der Waals surface area contributed by atoms with Gasteiger partial charge in [-0.15, -0.1) is 0 Å². The minimum atomic E-state index is -4.86. The van der Waals surface area contributed by atoms with Crippen molar-refractivity contribution in [3.8, 4) is 0 Å². The zero-order valence-electron chi connectivity index (χ0n) is 8.81. The van der Waals surface area contributed by atoms with E-state index in [-0.39, 0.29) is 14.5 Å². The van der Waals surface area contributed by atoms with Gasteiger partial charge in [-0.2, -0.15) is 13.2 Å². The molecule has 1 aromatic rings. The van der Waals surface area contributed by atoms with Crippen LogP contribution < -0.4 is 5.32 Å². The van der Waals surface area contributed by atoms with Crippen molar-refractivity contribution < 1.29 is 23.1 Å². The van der Waals surface area contributed by atoms with E-state index in [2.05, 4.69) is 4.98 Å². The summed E-state index contributed by atoms with van der Waals surface area (Å²) in [5.74, 6) is -0.937. The van der Waals surface area contributed by atoms with E-state index in [1.54, 1.807) is 0 Å². The molecule has 2 N–H and O–H groups in total. The molecule has 0 unspecified atom stereocenters. The number of alkyl halides is 3. The summed E-state index contributed by atoms with van der Waals surface area (Å²) in [7, 11) is 0. The molecular weight excluding hydrogens is 316 g/mol. The Bertz CT molecular complexity index is 462. The molecule has 10 heteroatoms. The van der Waals surface area contributed by atoms with Crippen molar-refractivity contribution >= 4 is 40.4 Å². The van der Waals surface area contributed by atoms with Crippen molar-refractivity contribution in [3.63, 3.8) is 0 Å². The number of amides is 1. The maximum atomic E-state index is 12.3. The van der Waals surface area contributed by atoms with Crippen LogP contribution in [0, 0.1) is 0 Å². The van der Waals surface area contributed by atoms with Gasteiger partial charge in [-0.05, 0) is 6.92 Å². The minimum Gasteiger partial charge on any atom is -0.379 e. The fourth-order valence-electron chi connectivity index (χ4n) is 0.853. The molecule has 0 aliphatic heterocycles. The summed E-state index contributed by atoms with van der Waals surface area (Å²) >= 11 is 11.9. The van der Waals surface area contributed by atoms with E-state index in [0.29, 0.717) is 6.92 Å². The Morgan fingerprint density at radius 1 is 1.50 bits per heavy atom. The quantitative estimate of drug-likeness (QED) is 0.898. The largest absolute Gasteiger partial charge is 0.418 e. The standard InChI is InChI=1S/C8H7Cl2F3N2O2S/c1-7(17,8(11,12)13)2-14-5(16)3-4(9)18-6(10)15-3/h17H,2H2,1H3,(H,14,16)/t7-/m1/s1. The molecule has 1 amide bonds. The van der Waals surface area contributed by atoms with E-state index >= 15 is 0 Å². The number of thiazole rings is 1. The number of nitrogens with one attached hydrogen (secondary N) is 1. The highest BCUT2D eigenvalue weighted by Crippen LogP contribution is 2.30. The topological polar surface area (TPSA) is 62.2 Å². The van der Waals surface area contributed by atoms with Gasteiger partial charge in [0.15, 0.2) is 15.8 Å². The van der Waals surface area contributed by atoms with Crippen molar-refractivity contribution in [2.45, 2.75) is 18.7 Å². The average molecular weight is 323 g/mol. The summed E-state index contributed by atoms with van der Waals surface area (Å²) in [6.45, 7) is -0.469. The van der Waals surface area contributed by atoms with Crippen LogP contribution in [0.3, 0.4) is 0 Å². The van der Waals surface area contributed by atoms with Gasteiger partial charge in [-0.3, -0.25) is 4.79 Å². The second-order valence-corrected chi connectivity index (χ2v) is 5.73. The first-order valence-electron chi connectivity index (χ1n) is 4.44. The molecule has 0 spiro atoms. The van der Waals surface area contributed by atoms with Crippen LogP contribution in [0.25, 0.3) is 0 Å². The molecule has 0 saturated heterocycles.